The molecule has 1 aliphatic rings. The number of para-hydroxylation sites is 2. The van der Waals surface area contributed by atoms with E-state index in [1.165, 1.54) is 24.3 Å². The SMILES string of the molecule is c1ccc2nc(NC3CCSCC3)cnc2c1. The third-order valence-electron chi connectivity index (χ3n) is 3.02. The Morgan fingerprint density at radius 3 is 2.71 bits per heavy atom. The third-order valence-corrected chi connectivity index (χ3v) is 4.07. The van der Waals surface area contributed by atoms with Crippen LogP contribution in [-0.2, 0) is 0 Å². The largest absolute Gasteiger partial charge is 0.366 e. The number of thioether (sulfide) groups is 1. The maximum absolute atomic E-state index is 4.59. The van der Waals surface area contributed by atoms with Gasteiger partial charge in [-0.25, -0.2) is 4.98 Å². The number of anilines is 1. The van der Waals surface area contributed by atoms with E-state index in [-0.39, 0.29) is 0 Å². The Balaban J connectivity index is 1.80. The molecule has 4 heteroatoms. The molecule has 0 radical (unpaired) electrons. The van der Waals surface area contributed by atoms with Crippen molar-refractivity contribution >= 4 is 28.6 Å². The summed E-state index contributed by atoms with van der Waals surface area (Å²) in [6.45, 7) is 0. The van der Waals surface area contributed by atoms with Crippen molar-refractivity contribution in [1.29, 1.82) is 0 Å². The minimum Gasteiger partial charge on any atom is -0.366 e. The summed E-state index contributed by atoms with van der Waals surface area (Å²) in [5.74, 6) is 3.40. The fourth-order valence-corrected chi connectivity index (χ4v) is 3.18. The van der Waals surface area contributed by atoms with Gasteiger partial charge in [-0.3, -0.25) is 4.98 Å². The molecule has 1 fully saturated rings. The Labute approximate surface area is 105 Å². The van der Waals surface area contributed by atoms with Crippen LogP contribution in [0, 0.1) is 0 Å². The Morgan fingerprint density at radius 2 is 1.88 bits per heavy atom. The molecule has 1 saturated heterocycles. The quantitative estimate of drug-likeness (QED) is 0.882. The van der Waals surface area contributed by atoms with E-state index in [1.54, 1.807) is 0 Å². The molecule has 1 N–H and O–H groups in total. The highest BCUT2D eigenvalue weighted by atomic mass is 32.2. The van der Waals surface area contributed by atoms with Crippen molar-refractivity contribution in [2.75, 3.05) is 16.8 Å². The molecule has 1 aromatic carbocycles. The first-order chi connectivity index (χ1) is 8.42. The van der Waals surface area contributed by atoms with Gasteiger partial charge < -0.3 is 5.32 Å². The van der Waals surface area contributed by atoms with Gasteiger partial charge in [-0.1, -0.05) is 12.1 Å². The first kappa shape index (κ1) is 10.8. The van der Waals surface area contributed by atoms with Gasteiger partial charge in [0.25, 0.3) is 0 Å². The Bertz CT molecular complexity index is 509. The summed E-state index contributed by atoms with van der Waals surface area (Å²) in [6, 6.07) is 8.54. The zero-order chi connectivity index (χ0) is 11.5. The second-order valence-electron chi connectivity index (χ2n) is 4.27. The molecule has 88 valence electrons. The predicted octanol–water partition coefficient (Wildman–Crippen LogP) is 2.94. The minimum absolute atomic E-state index is 0.562. The average Bonchev–Trinajstić information content (AvgIpc) is 2.40. The molecule has 1 aliphatic heterocycles. The maximum atomic E-state index is 4.59. The van der Waals surface area contributed by atoms with Crippen molar-refractivity contribution in [3.05, 3.63) is 30.5 Å². The molecule has 17 heavy (non-hydrogen) atoms. The molecule has 0 bridgehead atoms. The van der Waals surface area contributed by atoms with Crippen LogP contribution in [-0.4, -0.2) is 27.5 Å². The molecule has 0 atom stereocenters. The lowest BCUT2D eigenvalue weighted by Crippen LogP contribution is -2.25. The van der Waals surface area contributed by atoms with Gasteiger partial charge in [0, 0.05) is 6.04 Å². The highest BCUT2D eigenvalue weighted by Gasteiger charge is 2.13. The highest BCUT2D eigenvalue weighted by molar-refractivity contribution is 7.99. The summed E-state index contributed by atoms with van der Waals surface area (Å²) < 4.78 is 0. The van der Waals surface area contributed by atoms with Crippen molar-refractivity contribution in [2.45, 2.75) is 18.9 Å². The standard InChI is InChI=1S/C13H15N3S/c1-2-4-12-11(3-1)14-9-13(16-12)15-10-5-7-17-8-6-10/h1-4,9-10H,5-8H2,(H,15,16). The number of nitrogens with zero attached hydrogens (tertiary/aromatic N) is 2. The summed E-state index contributed by atoms with van der Waals surface area (Å²) in [4.78, 5) is 9.01. The molecule has 0 amide bonds. The van der Waals surface area contributed by atoms with E-state index in [1.807, 2.05) is 42.2 Å². The predicted molar refractivity (Wildman–Crippen MR) is 73.5 cm³/mol. The van der Waals surface area contributed by atoms with Gasteiger partial charge in [-0.2, -0.15) is 11.8 Å². The zero-order valence-corrected chi connectivity index (χ0v) is 10.4. The second kappa shape index (κ2) is 4.92. The van der Waals surface area contributed by atoms with E-state index < -0.39 is 0 Å². The summed E-state index contributed by atoms with van der Waals surface area (Å²) >= 11 is 2.04. The van der Waals surface area contributed by atoms with E-state index in [9.17, 15) is 0 Å². The van der Waals surface area contributed by atoms with Crippen LogP contribution in [0.5, 0.6) is 0 Å². The Hall–Kier alpha value is -1.29. The monoisotopic (exact) mass is 245 g/mol. The van der Waals surface area contributed by atoms with E-state index >= 15 is 0 Å². The number of aromatic nitrogens is 2. The van der Waals surface area contributed by atoms with Gasteiger partial charge >= 0.3 is 0 Å². The fraction of sp³-hybridized carbons (Fsp3) is 0.385. The van der Waals surface area contributed by atoms with E-state index in [0.717, 1.165) is 16.9 Å². The van der Waals surface area contributed by atoms with Gasteiger partial charge in [0.1, 0.15) is 5.82 Å². The second-order valence-corrected chi connectivity index (χ2v) is 5.50. The molecular weight excluding hydrogens is 230 g/mol. The van der Waals surface area contributed by atoms with Crippen LogP contribution in [0.2, 0.25) is 0 Å². The van der Waals surface area contributed by atoms with Crippen LogP contribution < -0.4 is 5.32 Å². The van der Waals surface area contributed by atoms with Crippen molar-refractivity contribution in [1.82, 2.24) is 9.97 Å². The number of benzene rings is 1. The van der Waals surface area contributed by atoms with Crippen LogP contribution >= 0.6 is 11.8 Å². The average molecular weight is 245 g/mol. The molecule has 0 unspecified atom stereocenters. The number of nitrogens with one attached hydrogen (secondary N) is 1. The van der Waals surface area contributed by atoms with Crippen molar-refractivity contribution in [2.24, 2.45) is 0 Å². The number of hydrogen-bond acceptors (Lipinski definition) is 4. The number of hydrogen-bond donors (Lipinski definition) is 1. The molecule has 0 aliphatic carbocycles. The molecule has 0 saturated carbocycles. The summed E-state index contributed by atoms with van der Waals surface area (Å²) in [5.41, 5.74) is 1.92. The Kier molecular flexibility index (Phi) is 3.14. The van der Waals surface area contributed by atoms with Crippen LogP contribution in [0.3, 0.4) is 0 Å². The van der Waals surface area contributed by atoms with Gasteiger partial charge in [-0.15, -0.1) is 0 Å². The smallest absolute Gasteiger partial charge is 0.145 e. The van der Waals surface area contributed by atoms with Crippen LogP contribution in [0.25, 0.3) is 11.0 Å². The van der Waals surface area contributed by atoms with E-state index in [2.05, 4.69) is 15.3 Å². The van der Waals surface area contributed by atoms with E-state index in [0.29, 0.717) is 6.04 Å². The lowest BCUT2D eigenvalue weighted by atomic mass is 10.1. The van der Waals surface area contributed by atoms with Gasteiger partial charge in [0.05, 0.1) is 17.2 Å². The molecule has 0 spiro atoms. The molecule has 1 aromatic heterocycles. The van der Waals surface area contributed by atoms with Crippen LogP contribution in [0.15, 0.2) is 30.5 Å². The zero-order valence-electron chi connectivity index (χ0n) is 9.60. The van der Waals surface area contributed by atoms with Gasteiger partial charge in [0.2, 0.25) is 0 Å². The van der Waals surface area contributed by atoms with Crippen molar-refractivity contribution in [3.63, 3.8) is 0 Å². The van der Waals surface area contributed by atoms with Gasteiger partial charge in [-0.05, 0) is 36.5 Å². The summed E-state index contributed by atoms with van der Waals surface area (Å²) in [6.07, 6.45) is 4.28. The topological polar surface area (TPSA) is 37.8 Å². The number of rotatable bonds is 2. The van der Waals surface area contributed by atoms with Crippen molar-refractivity contribution in [3.8, 4) is 0 Å². The lowest BCUT2D eigenvalue weighted by Gasteiger charge is -2.22. The summed E-state index contributed by atoms with van der Waals surface area (Å²) in [7, 11) is 0. The van der Waals surface area contributed by atoms with Crippen LogP contribution in [0.1, 0.15) is 12.8 Å². The third kappa shape index (κ3) is 2.52. The molecule has 2 aromatic rings. The summed E-state index contributed by atoms with van der Waals surface area (Å²) in [5, 5.41) is 3.49. The fourth-order valence-electron chi connectivity index (χ4n) is 2.08. The first-order valence-electron chi connectivity index (χ1n) is 5.98. The Morgan fingerprint density at radius 1 is 1.12 bits per heavy atom. The van der Waals surface area contributed by atoms with Gasteiger partial charge in [0.15, 0.2) is 0 Å². The maximum Gasteiger partial charge on any atom is 0.145 e. The first-order valence-corrected chi connectivity index (χ1v) is 7.13. The van der Waals surface area contributed by atoms with E-state index in [4.69, 9.17) is 0 Å². The van der Waals surface area contributed by atoms with Crippen LogP contribution in [0.4, 0.5) is 5.82 Å². The molecule has 3 rings (SSSR count). The normalized spacial score (nSPS) is 17.2. The molecule has 2 heterocycles. The number of fused-ring (bicyclic) bond motifs is 1. The lowest BCUT2D eigenvalue weighted by molar-refractivity contribution is 0.664. The molecule has 3 nitrogen and oxygen atoms in total. The highest BCUT2D eigenvalue weighted by Crippen LogP contribution is 2.20. The van der Waals surface area contributed by atoms with Crippen molar-refractivity contribution < 1.29 is 0 Å². The molecular formula is C13H15N3S. The minimum atomic E-state index is 0.562.